The first kappa shape index (κ1) is 22.1. The molecule has 1 aromatic rings. The molecule has 1 N–H and O–H groups in total. The highest BCUT2D eigenvalue weighted by atomic mass is 16.5. The van der Waals surface area contributed by atoms with Crippen LogP contribution in [0.25, 0.3) is 0 Å². The number of unbranched alkanes of at least 4 members (excludes halogenated alkanes) is 7. The van der Waals surface area contributed by atoms with Crippen LogP contribution < -0.4 is 9.47 Å². The van der Waals surface area contributed by atoms with Crippen LogP contribution >= 0.6 is 0 Å². The molecule has 0 saturated heterocycles. The molecule has 0 atom stereocenters. The van der Waals surface area contributed by atoms with Gasteiger partial charge in [-0.3, -0.25) is 4.79 Å². The van der Waals surface area contributed by atoms with Gasteiger partial charge < -0.3 is 19.3 Å². The van der Waals surface area contributed by atoms with Crippen molar-refractivity contribution in [1.29, 1.82) is 0 Å². The lowest BCUT2D eigenvalue weighted by Gasteiger charge is -2.15. The van der Waals surface area contributed by atoms with Crippen molar-refractivity contribution in [3.8, 4) is 17.2 Å². The molecule has 0 aromatic heterocycles. The summed E-state index contributed by atoms with van der Waals surface area (Å²) in [5.74, 6) is 1.000. The quantitative estimate of drug-likeness (QED) is 0.395. The van der Waals surface area contributed by atoms with E-state index in [1.807, 2.05) is 13.0 Å². The maximum Gasteiger partial charge on any atom is 0.302 e. The number of rotatable bonds is 13. The zero-order chi connectivity index (χ0) is 19.4. The minimum Gasteiger partial charge on any atom is -0.504 e. The number of carbonyl (C=O) groups excluding carboxylic acids is 1. The largest absolute Gasteiger partial charge is 0.504 e. The fourth-order valence-electron chi connectivity index (χ4n) is 3.13. The predicted octanol–water partition coefficient (Wildman–Crippen LogP) is 4.94. The lowest BCUT2D eigenvalue weighted by atomic mass is 9.99. The number of hydrogen-bond donors (Lipinski definition) is 1. The van der Waals surface area contributed by atoms with E-state index < -0.39 is 0 Å². The zero-order valence-corrected chi connectivity index (χ0v) is 16.7. The minimum absolute atomic E-state index is 0.194. The molecule has 0 bridgehead atoms. The first-order valence-corrected chi connectivity index (χ1v) is 9.58. The lowest BCUT2D eigenvalue weighted by molar-refractivity contribution is -0.141. The van der Waals surface area contributed by atoms with Crippen LogP contribution in [0.5, 0.6) is 17.2 Å². The summed E-state index contributed by atoms with van der Waals surface area (Å²) in [7, 11) is 3.12. The van der Waals surface area contributed by atoms with Gasteiger partial charge in [0, 0.05) is 12.5 Å². The van der Waals surface area contributed by atoms with E-state index in [0.29, 0.717) is 18.1 Å². The van der Waals surface area contributed by atoms with Gasteiger partial charge in [0.25, 0.3) is 0 Å². The molecule has 0 aliphatic carbocycles. The van der Waals surface area contributed by atoms with Crippen molar-refractivity contribution in [3.05, 3.63) is 17.2 Å². The SMILES string of the molecule is COc1cc(C)c(CCCCCCCCCCOC(C)=O)c(O)c1OC. The molecule has 5 heteroatoms. The fraction of sp³-hybridized carbons (Fsp3) is 0.667. The van der Waals surface area contributed by atoms with Crippen molar-refractivity contribution >= 4 is 5.97 Å². The van der Waals surface area contributed by atoms with Crippen LogP contribution in [0.3, 0.4) is 0 Å². The molecule has 0 aliphatic heterocycles. The van der Waals surface area contributed by atoms with Gasteiger partial charge >= 0.3 is 5.97 Å². The van der Waals surface area contributed by atoms with Crippen LogP contribution in [0.2, 0.25) is 0 Å². The van der Waals surface area contributed by atoms with Gasteiger partial charge in [0.1, 0.15) is 0 Å². The second-order valence-corrected chi connectivity index (χ2v) is 6.67. The van der Waals surface area contributed by atoms with E-state index in [-0.39, 0.29) is 11.7 Å². The summed E-state index contributed by atoms with van der Waals surface area (Å²) >= 11 is 0. The molecule has 0 heterocycles. The second kappa shape index (κ2) is 12.4. The number of esters is 1. The van der Waals surface area contributed by atoms with Crippen LogP contribution in [0.4, 0.5) is 0 Å². The molecule has 0 radical (unpaired) electrons. The van der Waals surface area contributed by atoms with Gasteiger partial charge in [0.05, 0.1) is 20.8 Å². The Kier molecular flexibility index (Phi) is 10.6. The third kappa shape index (κ3) is 7.54. The first-order valence-electron chi connectivity index (χ1n) is 9.58. The summed E-state index contributed by atoms with van der Waals surface area (Å²) in [6.45, 7) is 3.99. The Hall–Kier alpha value is -1.91. The number of aryl methyl sites for hydroxylation is 1. The van der Waals surface area contributed by atoms with Crippen molar-refractivity contribution in [2.75, 3.05) is 20.8 Å². The number of aromatic hydroxyl groups is 1. The fourth-order valence-corrected chi connectivity index (χ4v) is 3.13. The van der Waals surface area contributed by atoms with Crippen LogP contribution in [0.1, 0.15) is 69.4 Å². The Bertz CT molecular complexity index is 554. The molecule has 0 amide bonds. The van der Waals surface area contributed by atoms with Crippen molar-refractivity contribution < 1.29 is 24.1 Å². The number of phenolic OH excluding ortho intramolecular Hbond substituents is 1. The van der Waals surface area contributed by atoms with E-state index in [0.717, 1.165) is 43.2 Å². The molecule has 1 rings (SSSR count). The van der Waals surface area contributed by atoms with Crippen LogP contribution in [0.15, 0.2) is 6.07 Å². The van der Waals surface area contributed by atoms with Crippen molar-refractivity contribution in [2.45, 2.75) is 71.6 Å². The van der Waals surface area contributed by atoms with Gasteiger partial charge in [-0.15, -0.1) is 0 Å². The average molecular weight is 366 g/mol. The number of hydrogen-bond acceptors (Lipinski definition) is 5. The van der Waals surface area contributed by atoms with E-state index in [2.05, 4.69) is 0 Å². The monoisotopic (exact) mass is 366 g/mol. The van der Waals surface area contributed by atoms with Gasteiger partial charge in [0.2, 0.25) is 5.75 Å². The molecule has 5 nitrogen and oxygen atoms in total. The lowest BCUT2D eigenvalue weighted by Crippen LogP contribution is -2.00. The van der Waals surface area contributed by atoms with Gasteiger partial charge in [-0.2, -0.15) is 0 Å². The molecule has 0 aliphatic rings. The number of phenols is 1. The summed E-state index contributed by atoms with van der Waals surface area (Å²) in [5, 5.41) is 10.4. The highest BCUT2D eigenvalue weighted by molar-refractivity contribution is 5.65. The van der Waals surface area contributed by atoms with Gasteiger partial charge in [-0.1, -0.05) is 38.5 Å². The van der Waals surface area contributed by atoms with Crippen molar-refractivity contribution in [2.24, 2.45) is 0 Å². The highest BCUT2D eigenvalue weighted by Crippen LogP contribution is 2.41. The molecular weight excluding hydrogens is 332 g/mol. The van der Waals surface area contributed by atoms with Crippen molar-refractivity contribution in [1.82, 2.24) is 0 Å². The van der Waals surface area contributed by atoms with Crippen LogP contribution in [-0.4, -0.2) is 31.9 Å². The third-order valence-electron chi connectivity index (χ3n) is 4.60. The second-order valence-electron chi connectivity index (χ2n) is 6.67. The molecule has 1 aromatic carbocycles. The van der Waals surface area contributed by atoms with Crippen LogP contribution in [0, 0.1) is 6.92 Å². The molecule has 0 fully saturated rings. The zero-order valence-electron chi connectivity index (χ0n) is 16.7. The molecular formula is C21H34O5. The van der Waals surface area contributed by atoms with Gasteiger partial charge in [0.15, 0.2) is 11.5 Å². The Morgan fingerprint density at radius 1 is 0.962 bits per heavy atom. The van der Waals surface area contributed by atoms with E-state index >= 15 is 0 Å². The number of benzene rings is 1. The van der Waals surface area contributed by atoms with E-state index in [4.69, 9.17) is 14.2 Å². The maximum atomic E-state index is 10.6. The summed E-state index contributed by atoms with van der Waals surface area (Å²) < 4.78 is 15.5. The van der Waals surface area contributed by atoms with E-state index in [9.17, 15) is 9.90 Å². The molecule has 0 unspecified atom stereocenters. The topological polar surface area (TPSA) is 65.0 Å². The van der Waals surface area contributed by atoms with Gasteiger partial charge in [-0.25, -0.2) is 0 Å². The number of ether oxygens (including phenoxy) is 3. The summed E-state index contributed by atoms with van der Waals surface area (Å²) in [6, 6.07) is 1.92. The minimum atomic E-state index is -0.194. The van der Waals surface area contributed by atoms with Gasteiger partial charge in [-0.05, 0) is 37.8 Å². The maximum absolute atomic E-state index is 10.6. The third-order valence-corrected chi connectivity index (χ3v) is 4.60. The summed E-state index contributed by atoms with van der Waals surface area (Å²) in [5.41, 5.74) is 1.99. The van der Waals surface area contributed by atoms with Crippen LogP contribution in [-0.2, 0) is 16.0 Å². The molecule has 148 valence electrons. The summed E-state index contributed by atoms with van der Waals surface area (Å²) in [4.78, 5) is 10.6. The number of methoxy groups -OCH3 is 2. The standard InChI is InChI=1S/C21H34O5/c1-16-15-19(24-3)21(25-4)20(23)18(16)13-11-9-7-5-6-8-10-12-14-26-17(2)22/h15,23H,5-14H2,1-4H3. The first-order chi connectivity index (χ1) is 12.5. The highest BCUT2D eigenvalue weighted by Gasteiger charge is 2.16. The molecule has 0 spiro atoms. The Morgan fingerprint density at radius 3 is 2.08 bits per heavy atom. The number of carbonyl (C=O) groups is 1. The van der Waals surface area contributed by atoms with E-state index in [1.54, 1.807) is 14.2 Å². The Labute approximate surface area is 157 Å². The Balaban J connectivity index is 2.21. The predicted molar refractivity (Wildman–Crippen MR) is 103 cm³/mol. The molecule has 0 saturated carbocycles. The van der Waals surface area contributed by atoms with E-state index in [1.165, 1.54) is 32.6 Å². The average Bonchev–Trinajstić information content (AvgIpc) is 2.61. The molecule has 26 heavy (non-hydrogen) atoms. The normalized spacial score (nSPS) is 10.6. The Morgan fingerprint density at radius 2 is 1.54 bits per heavy atom. The summed E-state index contributed by atoms with van der Waals surface area (Å²) in [6.07, 6.45) is 9.97. The smallest absolute Gasteiger partial charge is 0.302 e. The van der Waals surface area contributed by atoms with Crippen molar-refractivity contribution in [3.63, 3.8) is 0 Å².